The molecule has 21 heavy (non-hydrogen) atoms. The minimum absolute atomic E-state index is 0.116. The molecule has 3 nitrogen and oxygen atoms in total. The van der Waals surface area contributed by atoms with Gasteiger partial charge in [-0.2, -0.15) is 0 Å². The van der Waals surface area contributed by atoms with E-state index in [9.17, 15) is 4.79 Å². The lowest BCUT2D eigenvalue weighted by molar-refractivity contribution is 0.0955. The number of benzene rings is 2. The Morgan fingerprint density at radius 2 is 2.00 bits per heavy atom. The van der Waals surface area contributed by atoms with E-state index in [0.29, 0.717) is 17.1 Å². The van der Waals surface area contributed by atoms with Gasteiger partial charge in [-0.25, -0.2) is 0 Å². The predicted molar refractivity (Wildman–Crippen MR) is 88.2 cm³/mol. The van der Waals surface area contributed by atoms with Crippen molar-refractivity contribution < 1.29 is 4.79 Å². The van der Waals surface area contributed by atoms with Crippen LogP contribution in [0, 0.1) is 6.92 Å². The summed E-state index contributed by atoms with van der Waals surface area (Å²) in [6, 6.07) is 13.5. The molecule has 2 N–H and O–H groups in total. The van der Waals surface area contributed by atoms with Gasteiger partial charge in [0, 0.05) is 24.3 Å². The molecule has 0 saturated heterocycles. The first-order valence-electron chi connectivity index (χ1n) is 6.91. The van der Waals surface area contributed by atoms with Crippen molar-refractivity contribution in [2.24, 2.45) is 0 Å². The summed E-state index contributed by atoms with van der Waals surface area (Å²) in [6.07, 6.45) is 0.808. The van der Waals surface area contributed by atoms with Crippen LogP contribution in [0.2, 0.25) is 5.02 Å². The molecule has 0 fully saturated rings. The smallest absolute Gasteiger partial charge is 0.253 e. The van der Waals surface area contributed by atoms with Crippen molar-refractivity contribution in [1.82, 2.24) is 5.32 Å². The maximum atomic E-state index is 12.2. The first kappa shape index (κ1) is 15.4. The monoisotopic (exact) mass is 302 g/mol. The van der Waals surface area contributed by atoms with Crippen LogP contribution in [0.4, 0.5) is 5.69 Å². The number of halogens is 1. The van der Waals surface area contributed by atoms with Gasteiger partial charge >= 0.3 is 0 Å². The molecule has 2 aromatic rings. The second-order valence-corrected chi connectivity index (χ2v) is 5.37. The van der Waals surface area contributed by atoms with Crippen LogP contribution in [0.15, 0.2) is 42.5 Å². The summed E-state index contributed by atoms with van der Waals surface area (Å²) in [5.41, 5.74) is 3.78. The fourth-order valence-electron chi connectivity index (χ4n) is 2.21. The van der Waals surface area contributed by atoms with Crippen molar-refractivity contribution in [3.8, 4) is 0 Å². The van der Waals surface area contributed by atoms with Crippen molar-refractivity contribution in [2.45, 2.75) is 13.3 Å². The second-order valence-electron chi connectivity index (χ2n) is 4.93. The second kappa shape index (κ2) is 7.14. The van der Waals surface area contributed by atoms with Crippen LogP contribution in [0.3, 0.4) is 0 Å². The van der Waals surface area contributed by atoms with Crippen LogP contribution < -0.4 is 10.6 Å². The molecule has 0 atom stereocenters. The van der Waals surface area contributed by atoms with E-state index in [1.54, 1.807) is 25.2 Å². The van der Waals surface area contributed by atoms with Gasteiger partial charge in [0.2, 0.25) is 0 Å². The quantitative estimate of drug-likeness (QED) is 0.885. The molecular formula is C17H19ClN2O. The van der Waals surface area contributed by atoms with E-state index in [1.807, 2.05) is 6.07 Å². The highest BCUT2D eigenvalue weighted by molar-refractivity contribution is 6.31. The van der Waals surface area contributed by atoms with E-state index in [0.717, 1.165) is 12.1 Å². The fourth-order valence-corrected chi connectivity index (χ4v) is 2.38. The summed E-state index contributed by atoms with van der Waals surface area (Å²) in [6.45, 7) is 2.66. The molecule has 2 aromatic carbocycles. The van der Waals surface area contributed by atoms with Gasteiger partial charge in [0.25, 0.3) is 5.91 Å². The van der Waals surface area contributed by atoms with Crippen LogP contribution in [0.5, 0.6) is 0 Å². The lowest BCUT2D eigenvalue weighted by Gasteiger charge is -2.10. The van der Waals surface area contributed by atoms with Gasteiger partial charge in [0.1, 0.15) is 0 Å². The Bertz CT molecular complexity index is 640. The molecule has 110 valence electrons. The van der Waals surface area contributed by atoms with E-state index < -0.39 is 0 Å². The number of hydrogen-bond donors (Lipinski definition) is 2. The van der Waals surface area contributed by atoms with Crippen molar-refractivity contribution in [2.75, 3.05) is 18.9 Å². The molecule has 0 aromatic heterocycles. The molecule has 0 heterocycles. The van der Waals surface area contributed by atoms with E-state index in [2.05, 4.69) is 35.8 Å². The molecule has 2 rings (SSSR count). The van der Waals surface area contributed by atoms with Crippen LogP contribution in [0.1, 0.15) is 21.5 Å². The highest BCUT2D eigenvalue weighted by atomic mass is 35.5. The van der Waals surface area contributed by atoms with Gasteiger partial charge in [0.15, 0.2) is 0 Å². The van der Waals surface area contributed by atoms with Gasteiger partial charge in [-0.15, -0.1) is 0 Å². The zero-order chi connectivity index (χ0) is 15.2. The average Bonchev–Trinajstić information content (AvgIpc) is 2.47. The molecule has 0 aliphatic carbocycles. The molecule has 0 bridgehead atoms. The van der Waals surface area contributed by atoms with Crippen LogP contribution in [0.25, 0.3) is 0 Å². The molecular weight excluding hydrogens is 284 g/mol. The number of amides is 1. The Labute approximate surface area is 130 Å². The average molecular weight is 303 g/mol. The van der Waals surface area contributed by atoms with E-state index in [1.165, 1.54) is 11.1 Å². The summed E-state index contributed by atoms with van der Waals surface area (Å²) < 4.78 is 0. The summed E-state index contributed by atoms with van der Waals surface area (Å²) in [7, 11) is 1.78. The highest BCUT2D eigenvalue weighted by Gasteiger charge is 2.10. The zero-order valence-corrected chi connectivity index (χ0v) is 13.0. The third-order valence-electron chi connectivity index (χ3n) is 3.28. The maximum absolute atomic E-state index is 12.2. The Morgan fingerprint density at radius 1 is 1.19 bits per heavy atom. The number of carbonyl (C=O) groups excluding carboxylic acids is 1. The van der Waals surface area contributed by atoms with Crippen molar-refractivity contribution in [3.63, 3.8) is 0 Å². The van der Waals surface area contributed by atoms with Gasteiger partial charge in [0.05, 0.1) is 5.56 Å². The number of nitrogens with one attached hydrogen (secondary N) is 2. The third kappa shape index (κ3) is 4.23. The summed E-state index contributed by atoms with van der Waals surface area (Å²) in [4.78, 5) is 12.2. The molecule has 0 saturated carbocycles. The number of hydrogen-bond acceptors (Lipinski definition) is 2. The molecule has 0 radical (unpaired) electrons. The Hall–Kier alpha value is -2.00. The number of anilines is 1. The minimum Gasteiger partial charge on any atom is -0.387 e. The van der Waals surface area contributed by atoms with Gasteiger partial charge < -0.3 is 10.6 Å². The highest BCUT2D eigenvalue weighted by Crippen LogP contribution is 2.20. The first-order valence-corrected chi connectivity index (χ1v) is 7.29. The number of rotatable bonds is 5. The Balaban J connectivity index is 1.97. The van der Waals surface area contributed by atoms with E-state index in [4.69, 9.17) is 11.6 Å². The largest absolute Gasteiger partial charge is 0.387 e. The summed E-state index contributed by atoms with van der Waals surface area (Å²) in [5, 5.41) is 6.48. The standard InChI is InChI=1S/C17H19ClN2O/c1-12-4-3-5-13(10-12)8-9-20-17(21)15-11-14(18)6-7-16(15)19-2/h3-7,10-11,19H,8-9H2,1-2H3,(H,20,21). The van der Waals surface area contributed by atoms with Crippen LogP contribution in [-0.4, -0.2) is 19.5 Å². The summed E-state index contributed by atoms with van der Waals surface area (Å²) in [5.74, 6) is -0.116. The van der Waals surface area contributed by atoms with Crippen LogP contribution >= 0.6 is 11.6 Å². The van der Waals surface area contributed by atoms with E-state index >= 15 is 0 Å². The Kier molecular flexibility index (Phi) is 5.23. The molecule has 0 unspecified atom stereocenters. The van der Waals surface area contributed by atoms with Crippen molar-refractivity contribution in [3.05, 3.63) is 64.2 Å². The molecule has 1 amide bonds. The molecule has 0 aliphatic heterocycles. The van der Waals surface area contributed by atoms with Crippen molar-refractivity contribution in [1.29, 1.82) is 0 Å². The van der Waals surface area contributed by atoms with E-state index in [-0.39, 0.29) is 5.91 Å². The van der Waals surface area contributed by atoms with Gasteiger partial charge in [-0.1, -0.05) is 41.4 Å². The molecule has 0 aliphatic rings. The number of aryl methyl sites for hydroxylation is 1. The van der Waals surface area contributed by atoms with Crippen LogP contribution in [-0.2, 0) is 6.42 Å². The van der Waals surface area contributed by atoms with Crippen molar-refractivity contribution >= 4 is 23.2 Å². The Morgan fingerprint density at radius 3 is 2.71 bits per heavy atom. The molecule has 0 spiro atoms. The SMILES string of the molecule is CNc1ccc(Cl)cc1C(=O)NCCc1cccc(C)c1. The lowest BCUT2D eigenvalue weighted by atomic mass is 10.1. The predicted octanol–water partition coefficient (Wildman–Crippen LogP) is 3.66. The number of carbonyl (C=O) groups is 1. The first-order chi connectivity index (χ1) is 10.1. The third-order valence-corrected chi connectivity index (χ3v) is 3.51. The topological polar surface area (TPSA) is 41.1 Å². The molecule has 4 heteroatoms. The lowest BCUT2D eigenvalue weighted by Crippen LogP contribution is -2.26. The zero-order valence-electron chi connectivity index (χ0n) is 12.2. The van der Waals surface area contributed by atoms with Gasteiger partial charge in [-0.05, 0) is 37.1 Å². The minimum atomic E-state index is -0.116. The normalized spacial score (nSPS) is 10.2. The maximum Gasteiger partial charge on any atom is 0.253 e. The fraction of sp³-hybridized carbons (Fsp3) is 0.235. The summed E-state index contributed by atoms with van der Waals surface area (Å²) >= 11 is 5.96. The van der Waals surface area contributed by atoms with Gasteiger partial charge in [-0.3, -0.25) is 4.79 Å².